The van der Waals surface area contributed by atoms with Gasteiger partial charge in [-0.15, -0.1) is 0 Å². The maximum atomic E-state index is 11.2. The van der Waals surface area contributed by atoms with Crippen LogP contribution in [-0.2, 0) is 18.0 Å². The zero-order chi connectivity index (χ0) is 21.8. The second-order valence-corrected chi connectivity index (χ2v) is 6.76. The summed E-state index contributed by atoms with van der Waals surface area (Å²) in [5, 5.41) is 3.72. The lowest BCUT2D eigenvalue weighted by molar-refractivity contribution is 0.176. The van der Waals surface area contributed by atoms with Crippen LogP contribution in [0.25, 0.3) is 22.8 Å². The van der Waals surface area contributed by atoms with E-state index in [4.69, 9.17) is 18.6 Å². The Hall–Kier alpha value is -3.85. The van der Waals surface area contributed by atoms with Gasteiger partial charge < -0.3 is 18.6 Å². The highest BCUT2D eigenvalue weighted by Gasteiger charge is 2.16. The van der Waals surface area contributed by atoms with Crippen LogP contribution in [0.1, 0.15) is 17.0 Å². The predicted molar refractivity (Wildman–Crippen MR) is 111 cm³/mol. The standard InChI is InChI=1S/C22H21N3O6/c1-13-10-16(8-9-17(13)20-24-22(26)31-25-20)29-12-19-18(11-27-2)23-21(30-19)14-4-6-15(28-3)7-5-14/h4-10H,11-12H2,1-3H3,(H,24,25,26). The van der Waals surface area contributed by atoms with Gasteiger partial charge in [-0.05, 0) is 55.0 Å². The minimum absolute atomic E-state index is 0.182. The molecule has 0 bridgehead atoms. The Morgan fingerprint density at radius 3 is 2.45 bits per heavy atom. The van der Waals surface area contributed by atoms with Crippen molar-refractivity contribution in [2.24, 2.45) is 0 Å². The molecule has 0 spiro atoms. The molecule has 0 aliphatic carbocycles. The second-order valence-electron chi connectivity index (χ2n) is 6.76. The van der Waals surface area contributed by atoms with Crippen molar-refractivity contribution in [3.63, 3.8) is 0 Å². The van der Waals surface area contributed by atoms with Crippen molar-refractivity contribution < 1.29 is 23.2 Å². The van der Waals surface area contributed by atoms with Crippen molar-refractivity contribution in [1.82, 2.24) is 15.1 Å². The smallest absolute Gasteiger partial charge is 0.439 e. The highest BCUT2D eigenvalue weighted by atomic mass is 16.5. The van der Waals surface area contributed by atoms with Gasteiger partial charge in [0.25, 0.3) is 0 Å². The van der Waals surface area contributed by atoms with Crippen molar-refractivity contribution in [1.29, 1.82) is 0 Å². The van der Waals surface area contributed by atoms with E-state index in [0.29, 0.717) is 35.5 Å². The molecule has 160 valence electrons. The molecule has 2 heterocycles. The number of benzene rings is 2. The maximum Gasteiger partial charge on any atom is 0.439 e. The highest BCUT2D eigenvalue weighted by Crippen LogP contribution is 2.27. The molecule has 31 heavy (non-hydrogen) atoms. The number of aryl methyl sites for hydroxylation is 1. The number of oxazole rings is 1. The van der Waals surface area contributed by atoms with E-state index in [2.05, 4.69) is 19.6 Å². The van der Waals surface area contributed by atoms with Gasteiger partial charge in [0.15, 0.2) is 11.6 Å². The monoisotopic (exact) mass is 423 g/mol. The number of hydrogen-bond donors (Lipinski definition) is 1. The summed E-state index contributed by atoms with van der Waals surface area (Å²) >= 11 is 0. The largest absolute Gasteiger partial charge is 0.497 e. The zero-order valence-electron chi connectivity index (χ0n) is 17.3. The molecule has 0 amide bonds. The quantitative estimate of drug-likeness (QED) is 0.456. The van der Waals surface area contributed by atoms with Crippen molar-refractivity contribution >= 4 is 0 Å². The number of nitrogens with one attached hydrogen (secondary N) is 1. The normalized spacial score (nSPS) is 10.9. The first-order valence-electron chi connectivity index (χ1n) is 9.49. The molecule has 9 heteroatoms. The van der Waals surface area contributed by atoms with Crippen LogP contribution < -0.4 is 15.2 Å². The molecule has 2 aromatic carbocycles. The van der Waals surface area contributed by atoms with Crippen LogP contribution in [0.5, 0.6) is 11.5 Å². The van der Waals surface area contributed by atoms with E-state index < -0.39 is 5.76 Å². The third-order valence-corrected chi connectivity index (χ3v) is 4.66. The first-order chi connectivity index (χ1) is 15.1. The Morgan fingerprint density at radius 2 is 1.81 bits per heavy atom. The number of methoxy groups -OCH3 is 2. The van der Waals surface area contributed by atoms with E-state index in [-0.39, 0.29) is 6.61 Å². The molecule has 0 unspecified atom stereocenters. The molecular weight excluding hydrogens is 402 g/mol. The van der Waals surface area contributed by atoms with Gasteiger partial charge in [0, 0.05) is 18.2 Å². The van der Waals surface area contributed by atoms with Gasteiger partial charge in [0.2, 0.25) is 5.89 Å². The lowest BCUT2D eigenvalue weighted by Crippen LogP contribution is -2.00. The summed E-state index contributed by atoms with van der Waals surface area (Å²) in [5.74, 6) is 2.22. The fraction of sp³-hybridized carbons (Fsp3) is 0.227. The maximum absolute atomic E-state index is 11.2. The van der Waals surface area contributed by atoms with E-state index in [1.165, 1.54) is 0 Å². The van der Waals surface area contributed by atoms with Gasteiger partial charge in [-0.1, -0.05) is 5.16 Å². The Bertz CT molecular complexity index is 1220. The first kappa shape index (κ1) is 20.4. The summed E-state index contributed by atoms with van der Waals surface area (Å²) < 4.78 is 26.9. The van der Waals surface area contributed by atoms with Gasteiger partial charge in [-0.25, -0.2) is 9.78 Å². The number of hydrogen-bond acceptors (Lipinski definition) is 8. The van der Waals surface area contributed by atoms with Gasteiger partial charge >= 0.3 is 5.76 Å². The Labute approximate surface area is 177 Å². The van der Waals surface area contributed by atoms with Gasteiger partial charge in [-0.3, -0.25) is 9.51 Å². The first-order valence-corrected chi connectivity index (χ1v) is 9.49. The minimum Gasteiger partial charge on any atom is -0.497 e. The molecule has 4 aromatic rings. The lowest BCUT2D eigenvalue weighted by atomic mass is 10.1. The Morgan fingerprint density at radius 1 is 1.03 bits per heavy atom. The topological polar surface area (TPSA) is 113 Å². The summed E-state index contributed by atoms with van der Waals surface area (Å²) in [6.45, 7) is 2.37. The van der Waals surface area contributed by atoms with Crippen molar-refractivity contribution in [2.45, 2.75) is 20.1 Å². The van der Waals surface area contributed by atoms with Crippen LogP contribution in [0.15, 0.2) is 56.2 Å². The van der Waals surface area contributed by atoms with Crippen molar-refractivity contribution in [3.8, 4) is 34.3 Å². The molecule has 0 aliphatic heterocycles. The third kappa shape index (κ3) is 4.51. The molecule has 0 saturated carbocycles. The number of nitrogens with zero attached hydrogens (tertiary/aromatic N) is 2. The van der Waals surface area contributed by atoms with Gasteiger partial charge in [0.1, 0.15) is 23.8 Å². The zero-order valence-corrected chi connectivity index (χ0v) is 17.3. The van der Waals surface area contributed by atoms with Gasteiger partial charge in [-0.2, -0.15) is 0 Å². The van der Waals surface area contributed by atoms with Crippen molar-refractivity contribution in [2.75, 3.05) is 14.2 Å². The predicted octanol–water partition coefficient (Wildman–Crippen LogP) is 3.73. The van der Waals surface area contributed by atoms with E-state index in [1.807, 2.05) is 37.3 Å². The van der Waals surface area contributed by atoms with E-state index in [9.17, 15) is 4.79 Å². The van der Waals surface area contributed by atoms with Crippen LogP contribution in [0.4, 0.5) is 0 Å². The number of ether oxygens (including phenoxy) is 3. The fourth-order valence-electron chi connectivity index (χ4n) is 3.09. The van der Waals surface area contributed by atoms with E-state index in [1.54, 1.807) is 26.4 Å². The summed E-state index contributed by atoms with van der Waals surface area (Å²) in [5.41, 5.74) is 3.11. The van der Waals surface area contributed by atoms with Crippen LogP contribution in [-0.4, -0.2) is 29.3 Å². The molecule has 0 fully saturated rings. The third-order valence-electron chi connectivity index (χ3n) is 4.66. The summed E-state index contributed by atoms with van der Waals surface area (Å²) in [7, 11) is 3.22. The fourth-order valence-corrected chi connectivity index (χ4v) is 3.09. The van der Waals surface area contributed by atoms with E-state index >= 15 is 0 Å². The van der Waals surface area contributed by atoms with Gasteiger partial charge in [0.05, 0.1) is 13.7 Å². The molecular formula is C22H21N3O6. The minimum atomic E-state index is -0.599. The summed E-state index contributed by atoms with van der Waals surface area (Å²) in [6, 6.07) is 12.9. The molecule has 4 rings (SSSR count). The average Bonchev–Trinajstić information content (AvgIpc) is 3.39. The van der Waals surface area contributed by atoms with Crippen LogP contribution >= 0.6 is 0 Å². The van der Waals surface area contributed by atoms with E-state index in [0.717, 1.165) is 22.4 Å². The Kier molecular flexibility index (Phi) is 5.85. The van der Waals surface area contributed by atoms with Crippen LogP contribution in [0.3, 0.4) is 0 Å². The van der Waals surface area contributed by atoms with Crippen molar-refractivity contribution in [3.05, 3.63) is 70.0 Å². The molecule has 2 aromatic heterocycles. The SMILES string of the molecule is COCc1nc(-c2ccc(OC)cc2)oc1COc1ccc(-c2noc(=O)[nH]2)c(C)c1. The molecule has 0 saturated heterocycles. The molecule has 0 aliphatic rings. The summed E-state index contributed by atoms with van der Waals surface area (Å²) in [4.78, 5) is 18.3. The van der Waals surface area contributed by atoms with Crippen LogP contribution in [0.2, 0.25) is 0 Å². The number of rotatable bonds is 8. The van der Waals surface area contributed by atoms with Crippen LogP contribution in [0, 0.1) is 6.92 Å². The number of aromatic nitrogens is 3. The average molecular weight is 423 g/mol. The Balaban J connectivity index is 1.52. The lowest BCUT2D eigenvalue weighted by Gasteiger charge is -2.08. The molecule has 0 radical (unpaired) electrons. The highest BCUT2D eigenvalue weighted by molar-refractivity contribution is 5.60. The second kappa shape index (κ2) is 8.88. The molecule has 0 atom stereocenters. The number of H-pyrrole nitrogens is 1. The number of aromatic amines is 1. The molecule has 1 N–H and O–H groups in total. The molecule has 9 nitrogen and oxygen atoms in total. The summed E-state index contributed by atoms with van der Waals surface area (Å²) in [6.07, 6.45) is 0.